The van der Waals surface area contributed by atoms with E-state index in [1.54, 1.807) is 0 Å². The monoisotopic (exact) mass is 522 g/mol. The van der Waals surface area contributed by atoms with Crippen LogP contribution in [0.4, 0.5) is 13.2 Å². The Kier molecular flexibility index (Phi) is 9.63. The van der Waals surface area contributed by atoms with Crippen LogP contribution in [0, 0.1) is 5.92 Å². The van der Waals surface area contributed by atoms with E-state index in [0.29, 0.717) is 30.0 Å². The smallest absolute Gasteiger partial charge is 0.343 e. The van der Waals surface area contributed by atoms with E-state index in [9.17, 15) is 41.2 Å². The fraction of sp³-hybridized carbons (Fsp3) is 0.571. The highest BCUT2D eigenvalue weighted by Crippen LogP contribution is 2.30. The molecule has 2 rings (SSSR count). The average molecular weight is 523 g/mol. The van der Waals surface area contributed by atoms with E-state index in [1.165, 1.54) is 11.9 Å². The summed E-state index contributed by atoms with van der Waals surface area (Å²) < 4.78 is 65.7. The molecule has 1 fully saturated rings. The second kappa shape index (κ2) is 11.8. The summed E-state index contributed by atoms with van der Waals surface area (Å²) >= 11 is 0. The maximum atomic E-state index is 13.1. The molecule has 196 valence electrons. The summed E-state index contributed by atoms with van der Waals surface area (Å²) in [6.45, 7) is 1.01. The van der Waals surface area contributed by atoms with Crippen LogP contribution in [0.15, 0.2) is 29.2 Å². The summed E-state index contributed by atoms with van der Waals surface area (Å²) in [7, 11) is -2.84. The highest BCUT2D eigenvalue weighted by Gasteiger charge is 2.37. The number of nitrogens with zero attached hydrogens (tertiary/aromatic N) is 3. The van der Waals surface area contributed by atoms with Crippen molar-refractivity contribution in [3.8, 4) is 0 Å². The Balaban J connectivity index is 2.26. The van der Waals surface area contributed by atoms with Crippen LogP contribution in [0.5, 0.6) is 0 Å². The van der Waals surface area contributed by atoms with Crippen molar-refractivity contribution in [3.63, 3.8) is 0 Å². The number of rotatable bonds is 10. The molecule has 0 spiro atoms. The van der Waals surface area contributed by atoms with Crippen molar-refractivity contribution in [2.24, 2.45) is 5.92 Å². The number of sulfonamides is 1. The molecule has 1 aromatic rings. The van der Waals surface area contributed by atoms with Crippen LogP contribution in [0.1, 0.15) is 31.7 Å². The third-order valence-corrected chi connectivity index (χ3v) is 7.57. The van der Waals surface area contributed by atoms with Gasteiger partial charge in [-0.1, -0.05) is 19.8 Å². The van der Waals surface area contributed by atoms with Gasteiger partial charge in [-0.3, -0.25) is 19.6 Å². The Morgan fingerprint density at radius 2 is 1.91 bits per heavy atom. The molecule has 0 radical (unpaired) electrons. The second-order valence-electron chi connectivity index (χ2n) is 8.27. The van der Waals surface area contributed by atoms with Gasteiger partial charge in [0.2, 0.25) is 28.2 Å². The van der Waals surface area contributed by atoms with Gasteiger partial charge in [0, 0.05) is 26.7 Å². The molecule has 2 N–H and O–H groups in total. The molecule has 0 bridgehead atoms. The lowest BCUT2D eigenvalue weighted by atomic mass is 10.0. The molecule has 0 unspecified atom stereocenters. The van der Waals surface area contributed by atoms with Crippen LogP contribution in [0.2, 0.25) is 0 Å². The molecule has 10 nitrogen and oxygen atoms in total. The van der Waals surface area contributed by atoms with E-state index in [4.69, 9.17) is 0 Å². The van der Waals surface area contributed by atoms with Gasteiger partial charge in [0.25, 0.3) is 0 Å². The van der Waals surface area contributed by atoms with Gasteiger partial charge in [-0.2, -0.15) is 17.5 Å². The fourth-order valence-electron chi connectivity index (χ4n) is 3.62. The SMILES string of the molecule is CCCC[C@H](CN(O)C=O)C(=O)N[C@H]1CN(S(=O)(=O)c2ccc(C(F)(F)F)cc2)CCN(C)C1=O. The van der Waals surface area contributed by atoms with Gasteiger partial charge in [-0.05, 0) is 30.7 Å². The maximum Gasteiger partial charge on any atom is 0.416 e. The zero-order chi connectivity index (χ0) is 26.4. The van der Waals surface area contributed by atoms with Crippen LogP contribution in [-0.4, -0.2) is 85.4 Å². The number of hydrogen-bond acceptors (Lipinski definition) is 6. The number of hydroxylamine groups is 2. The number of benzene rings is 1. The van der Waals surface area contributed by atoms with E-state index in [0.717, 1.165) is 22.9 Å². The van der Waals surface area contributed by atoms with Crippen molar-refractivity contribution in [1.82, 2.24) is 19.6 Å². The predicted octanol–water partition coefficient (Wildman–Crippen LogP) is 1.31. The van der Waals surface area contributed by atoms with Gasteiger partial charge in [0.05, 0.1) is 22.9 Å². The number of alkyl halides is 3. The highest BCUT2D eigenvalue weighted by atomic mass is 32.2. The van der Waals surface area contributed by atoms with Crippen molar-refractivity contribution in [2.75, 3.05) is 33.2 Å². The molecule has 0 saturated carbocycles. The topological polar surface area (TPSA) is 127 Å². The minimum atomic E-state index is -4.63. The van der Waals surface area contributed by atoms with Crippen LogP contribution in [-0.2, 0) is 30.6 Å². The third-order valence-electron chi connectivity index (χ3n) is 5.69. The van der Waals surface area contributed by atoms with Gasteiger partial charge in [0.1, 0.15) is 6.04 Å². The summed E-state index contributed by atoms with van der Waals surface area (Å²) in [5, 5.41) is 12.4. The lowest BCUT2D eigenvalue weighted by molar-refractivity contribution is -0.155. The first-order valence-electron chi connectivity index (χ1n) is 10.9. The van der Waals surface area contributed by atoms with E-state index < -0.39 is 52.1 Å². The minimum absolute atomic E-state index is 0.000108. The minimum Gasteiger partial charge on any atom is -0.343 e. The summed E-state index contributed by atoms with van der Waals surface area (Å²) in [4.78, 5) is 37.3. The number of unbranched alkanes of at least 4 members (excludes halogenated alkanes) is 1. The molecule has 35 heavy (non-hydrogen) atoms. The van der Waals surface area contributed by atoms with Gasteiger partial charge < -0.3 is 10.2 Å². The second-order valence-corrected chi connectivity index (χ2v) is 10.2. The maximum absolute atomic E-state index is 13.1. The van der Waals surface area contributed by atoms with Gasteiger partial charge in [0.15, 0.2) is 0 Å². The Morgan fingerprint density at radius 3 is 2.46 bits per heavy atom. The van der Waals surface area contributed by atoms with Crippen LogP contribution in [0.3, 0.4) is 0 Å². The van der Waals surface area contributed by atoms with Crippen LogP contribution in [0.25, 0.3) is 0 Å². The normalized spacial score (nSPS) is 18.6. The predicted molar refractivity (Wildman–Crippen MR) is 117 cm³/mol. The van der Waals surface area contributed by atoms with Crippen LogP contribution >= 0.6 is 0 Å². The first-order valence-corrected chi connectivity index (χ1v) is 12.4. The van der Waals surface area contributed by atoms with E-state index >= 15 is 0 Å². The lowest BCUT2D eigenvalue weighted by Gasteiger charge is -2.26. The zero-order valence-electron chi connectivity index (χ0n) is 19.4. The average Bonchev–Trinajstić information content (AvgIpc) is 2.95. The quantitative estimate of drug-likeness (QED) is 0.271. The van der Waals surface area contributed by atoms with Crippen molar-refractivity contribution in [2.45, 2.75) is 43.3 Å². The molecule has 2 atom stereocenters. The number of carbonyl (C=O) groups is 3. The Hall–Kier alpha value is -2.71. The molecule has 0 aromatic heterocycles. The molecule has 1 heterocycles. The largest absolute Gasteiger partial charge is 0.416 e. The molecular formula is C21H29F3N4O6S. The number of halogens is 3. The summed E-state index contributed by atoms with van der Waals surface area (Å²) in [5.41, 5.74) is -1.00. The van der Waals surface area contributed by atoms with Gasteiger partial charge in [-0.25, -0.2) is 13.5 Å². The first-order chi connectivity index (χ1) is 16.3. The molecule has 1 aromatic carbocycles. The standard InChI is InChI=1S/C21H29F3N4O6S/c1-3-4-5-15(12-27(32)14-29)19(30)25-18-13-28(11-10-26(2)20(18)31)35(33,34)17-8-6-16(7-9-17)21(22,23)24/h6-9,14-15,18,32H,3-5,10-13H2,1-2H3,(H,25,30)/t15-,18+/m1/s1. The first kappa shape index (κ1) is 28.5. The van der Waals surface area contributed by atoms with E-state index in [1.807, 2.05) is 6.92 Å². The van der Waals surface area contributed by atoms with E-state index in [-0.39, 0.29) is 30.9 Å². The summed E-state index contributed by atoms with van der Waals surface area (Å²) in [6, 6.07) is 1.74. The van der Waals surface area contributed by atoms with Gasteiger partial charge in [-0.15, -0.1) is 0 Å². The zero-order valence-corrected chi connectivity index (χ0v) is 20.2. The Bertz CT molecular complexity index is 1000. The lowest BCUT2D eigenvalue weighted by Crippen LogP contribution is -2.52. The fourth-order valence-corrected chi connectivity index (χ4v) is 5.06. The molecule has 1 saturated heterocycles. The van der Waals surface area contributed by atoms with Crippen molar-refractivity contribution >= 4 is 28.2 Å². The molecule has 0 aliphatic carbocycles. The molecule has 1 aliphatic heterocycles. The third kappa shape index (κ3) is 7.39. The Labute approximate surface area is 201 Å². The number of nitrogens with one attached hydrogen (secondary N) is 1. The Morgan fingerprint density at radius 1 is 1.29 bits per heavy atom. The number of likely N-dealkylation sites (N-methyl/N-ethyl adjacent to an activating group) is 1. The highest BCUT2D eigenvalue weighted by molar-refractivity contribution is 7.89. The van der Waals surface area contributed by atoms with Crippen molar-refractivity contribution in [3.05, 3.63) is 29.8 Å². The molecule has 1 aliphatic rings. The summed E-state index contributed by atoms with van der Waals surface area (Å²) in [5.74, 6) is -2.03. The molecule has 14 heteroatoms. The molecular weight excluding hydrogens is 493 g/mol. The number of hydrogen-bond donors (Lipinski definition) is 2. The van der Waals surface area contributed by atoms with Gasteiger partial charge >= 0.3 is 6.18 Å². The summed E-state index contributed by atoms with van der Waals surface area (Å²) in [6.07, 6.45) is -2.82. The van der Waals surface area contributed by atoms with Crippen LogP contribution < -0.4 is 5.32 Å². The number of carbonyl (C=O) groups excluding carboxylic acids is 3. The van der Waals surface area contributed by atoms with Crippen molar-refractivity contribution < 1.29 is 41.2 Å². The molecule has 3 amide bonds. The van der Waals surface area contributed by atoms with E-state index in [2.05, 4.69) is 5.32 Å². The number of amides is 3. The van der Waals surface area contributed by atoms with Crippen molar-refractivity contribution in [1.29, 1.82) is 0 Å².